The van der Waals surface area contributed by atoms with E-state index < -0.39 is 10.0 Å². The van der Waals surface area contributed by atoms with Gasteiger partial charge in [-0.05, 0) is 53.9 Å². The number of sulfonamides is 1. The fourth-order valence-corrected chi connectivity index (χ4v) is 5.87. The molecule has 0 saturated carbocycles. The summed E-state index contributed by atoms with van der Waals surface area (Å²) >= 11 is 1.65. The molecule has 1 aromatic carbocycles. The van der Waals surface area contributed by atoms with Crippen LogP contribution < -0.4 is 5.32 Å². The minimum atomic E-state index is -3.54. The summed E-state index contributed by atoms with van der Waals surface area (Å²) in [6.45, 7) is 6.49. The third kappa shape index (κ3) is 5.34. The predicted molar refractivity (Wildman–Crippen MR) is 125 cm³/mol. The molecule has 0 saturated heterocycles. The van der Waals surface area contributed by atoms with E-state index in [0.29, 0.717) is 31.4 Å². The molecule has 168 valence electrons. The van der Waals surface area contributed by atoms with Crippen LogP contribution in [0.4, 0.5) is 0 Å². The SMILES string of the molecule is CCN(CC)S(=O)(=O)c1ccc2c(c1)nc(CCC(=O)NC(C)Cc1ccsc1)n2C. The maximum Gasteiger partial charge on any atom is 0.243 e. The van der Waals surface area contributed by atoms with E-state index in [4.69, 9.17) is 0 Å². The summed E-state index contributed by atoms with van der Waals surface area (Å²) in [6, 6.07) is 7.16. The van der Waals surface area contributed by atoms with Gasteiger partial charge in [0, 0.05) is 39.0 Å². The van der Waals surface area contributed by atoms with E-state index in [1.165, 1.54) is 9.87 Å². The van der Waals surface area contributed by atoms with Crippen LogP contribution in [-0.2, 0) is 34.7 Å². The summed E-state index contributed by atoms with van der Waals surface area (Å²) in [7, 11) is -1.65. The minimum Gasteiger partial charge on any atom is -0.353 e. The summed E-state index contributed by atoms with van der Waals surface area (Å²) in [6.07, 6.45) is 1.63. The molecule has 1 unspecified atom stereocenters. The summed E-state index contributed by atoms with van der Waals surface area (Å²) in [4.78, 5) is 17.2. The van der Waals surface area contributed by atoms with E-state index in [0.717, 1.165) is 17.8 Å². The Morgan fingerprint density at radius 3 is 2.65 bits per heavy atom. The highest BCUT2D eigenvalue weighted by atomic mass is 32.2. The first kappa shape index (κ1) is 23.4. The molecule has 2 heterocycles. The second kappa shape index (κ2) is 9.93. The molecule has 9 heteroatoms. The number of fused-ring (bicyclic) bond motifs is 1. The first-order chi connectivity index (χ1) is 14.8. The first-order valence-electron chi connectivity index (χ1n) is 10.5. The van der Waals surface area contributed by atoms with Crippen LogP contribution in [0.1, 0.15) is 38.6 Å². The van der Waals surface area contributed by atoms with Crippen molar-refractivity contribution in [3.8, 4) is 0 Å². The van der Waals surface area contributed by atoms with Gasteiger partial charge >= 0.3 is 0 Å². The lowest BCUT2D eigenvalue weighted by molar-refractivity contribution is -0.121. The topological polar surface area (TPSA) is 84.3 Å². The quantitative estimate of drug-likeness (QED) is 0.501. The fourth-order valence-electron chi connectivity index (χ4n) is 3.71. The van der Waals surface area contributed by atoms with E-state index in [2.05, 4.69) is 21.7 Å². The van der Waals surface area contributed by atoms with Crippen LogP contribution in [0.5, 0.6) is 0 Å². The Hall–Kier alpha value is -2.23. The Morgan fingerprint density at radius 2 is 2.00 bits per heavy atom. The van der Waals surface area contributed by atoms with Gasteiger partial charge in [-0.2, -0.15) is 15.6 Å². The van der Waals surface area contributed by atoms with Gasteiger partial charge < -0.3 is 9.88 Å². The molecule has 1 atom stereocenters. The molecule has 0 aliphatic rings. The maximum atomic E-state index is 12.8. The molecule has 3 rings (SSSR count). The van der Waals surface area contributed by atoms with E-state index >= 15 is 0 Å². The van der Waals surface area contributed by atoms with Gasteiger partial charge in [-0.3, -0.25) is 4.79 Å². The van der Waals surface area contributed by atoms with Crippen LogP contribution in [-0.4, -0.2) is 47.3 Å². The Bertz CT molecular complexity index is 1130. The number of benzene rings is 1. The second-order valence-electron chi connectivity index (χ2n) is 7.63. The van der Waals surface area contributed by atoms with Crippen LogP contribution in [0.2, 0.25) is 0 Å². The average Bonchev–Trinajstić information content (AvgIpc) is 3.34. The van der Waals surface area contributed by atoms with Crippen molar-refractivity contribution < 1.29 is 13.2 Å². The monoisotopic (exact) mass is 462 g/mol. The average molecular weight is 463 g/mol. The van der Waals surface area contributed by atoms with Gasteiger partial charge in [0.15, 0.2) is 0 Å². The van der Waals surface area contributed by atoms with E-state index in [1.807, 2.05) is 37.8 Å². The van der Waals surface area contributed by atoms with Crippen molar-refractivity contribution in [1.29, 1.82) is 0 Å². The van der Waals surface area contributed by atoms with Gasteiger partial charge in [-0.1, -0.05) is 13.8 Å². The normalized spacial score (nSPS) is 13.1. The second-order valence-corrected chi connectivity index (χ2v) is 10.3. The number of carbonyl (C=O) groups is 1. The fraction of sp³-hybridized carbons (Fsp3) is 0.455. The predicted octanol–water partition coefficient (Wildman–Crippen LogP) is 3.35. The largest absolute Gasteiger partial charge is 0.353 e. The van der Waals surface area contributed by atoms with Gasteiger partial charge in [-0.15, -0.1) is 0 Å². The Balaban J connectivity index is 1.69. The molecular formula is C22H30N4O3S2. The highest BCUT2D eigenvalue weighted by Gasteiger charge is 2.23. The number of nitrogens with zero attached hydrogens (tertiary/aromatic N) is 3. The molecule has 0 aliphatic carbocycles. The van der Waals surface area contributed by atoms with Gasteiger partial charge in [0.25, 0.3) is 0 Å². The van der Waals surface area contributed by atoms with Crippen molar-refractivity contribution in [2.24, 2.45) is 7.05 Å². The van der Waals surface area contributed by atoms with E-state index in [1.54, 1.807) is 29.5 Å². The lowest BCUT2D eigenvalue weighted by Crippen LogP contribution is -2.34. The molecule has 0 fully saturated rings. The number of nitrogens with one attached hydrogen (secondary N) is 1. The van der Waals surface area contributed by atoms with Crippen LogP contribution in [0.15, 0.2) is 39.9 Å². The molecule has 2 aromatic heterocycles. The molecule has 31 heavy (non-hydrogen) atoms. The summed E-state index contributed by atoms with van der Waals surface area (Å²) in [5.41, 5.74) is 2.69. The molecule has 3 aromatic rings. The number of aromatic nitrogens is 2. The number of rotatable bonds is 10. The van der Waals surface area contributed by atoms with Crippen molar-refractivity contribution in [3.63, 3.8) is 0 Å². The van der Waals surface area contributed by atoms with Gasteiger partial charge in [0.2, 0.25) is 15.9 Å². The van der Waals surface area contributed by atoms with Crippen molar-refractivity contribution in [3.05, 3.63) is 46.4 Å². The summed E-state index contributed by atoms with van der Waals surface area (Å²) < 4.78 is 29.0. The minimum absolute atomic E-state index is 0.0143. The third-order valence-electron chi connectivity index (χ3n) is 5.39. The molecule has 0 bridgehead atoms. The molecule has 1 N–H and O–H groups in total. The Morgan fingerprint density at radius 1 is 1.26 bits per heavy atom. The Labute approximate surface area is 188 Å². The number of hydrogen-bond acceptors (Lipinski definition) is 5. The molecule has 7 nitrogen and oxygen atoms in total. The highest BCUT2D eigenvalue weighted by Crippen LogP contribution is 2.22. The molecule has 0 aliphatic heterocycles. The first-order valence-corrected chi connectivity index (χ1v) is 12.9. The maximum absolute atomic E-state index is 12.8. The number of aryl methyl sites for hydroxylation is 2. The lowest BCUT2D eigenvalue weighted by Gasteiger charge is -2.18. The van der Waals surface area contributed by atoms with E-state index in [-0.39, 0.29) is 16.8 Å². The molecule has 0 spiro atoms. The standard InChI is InChI=1S/C22H30N4O3S2/c1-5-26(6-2)31(28,29)18-7-8-20-19(14-18)24-21(25(20)4)9-10-22(27)23-16(3)13-17-11-12-30-15-17/h7-8,11-12,14-16H,5-6,9-10,13H2,1-4H3,(H,23,27). The van der Waals surface area contributed by atoms with Crippen molar-refractivity contribution in [2.45, 2.75) is 51.0 Å². The number of hydrogen-bond donors (Lipinski definition) is 1. The number of carbonyl (C=O) groups excluding carboxylic acids is 1. The van der Waals surface area contributed by atoms with Crippen molar-refractivity contribution >= 4 is 38.3 Å². The van der Waals surface area contributed by atoms with Gasteiger partial charge in [0.1, 0.15) is 5.82 Å². The zero-order valence-electron chi connectivity index (χ0n) is 18.5. The van der Waals surface area contributed by atoms with Crippen LogP contribution in [0.25, 0.3) is 11.0 Å². The van der Waals surface area contributed by atoms with Crippen LogP contribution >= 0.6 is 11.3 Å². The van der Waals surface area contributed by atoms with Gasteiger partial charge in [-0.25, -0.2) is 13.4 Å². The summed E-state index contributed by atoms with van der Waals surface area (Å²) in [5.74, 6) is 0.743. The van der Waals surface area contributed by atoms with Gasteiger partial charge in [0.05, 0.1) is 15.9 Å². The molecule has 1 amide bonds. The van der Waals surface area contributed by atoms with Crippen molar-refractivity contribution in [1.82, 2.24) is 19.2 Å². The van der Waals surface area contributed by atoms with E-state index in [9.17, 15) is 13.2 Å². The zero-order chi connectivity index (χ0) is 22.6. The van der Waals surface area contributed by atoms with Crippen LogP contribution in [0, 0.1) is 0 Å². The smallest absolute Gasteiger partial charge is 0.243 e. The number of amides is 1. The molecule has 0 radical (unpaired) electrons. The zero-order valence-corrected chi connectivity index (χ0v) is 20.1. The third-order valence-corrected chi connectivity index (χ3v) is 8.17. The lowest BCUT2D eigenvalue weighted by atomic mass is 10.1. The number of thiophene rings is 1. The molecular weight excluding hydrogens is 432 g/mol. The van der Waals surface area contributed by atoms with Crippen molar-refractivity contribution in [2.75, 3.05) is 13.1 Å². The number of imidazole rings is 1. The summed E-state index contributed by atoms with van der Waals surface area (Å²) in [5, 5.41) is 7.17. The Kier molecular flexibility index (Phi) is 7.51. The van der Waals surface area contributed by atoms with Crippen LogP contribution in [0.3, 0.4) is 0 Å². The highest BCUT2D eigenvalue weighted by molar-refractivity contribution is 7.89.